The topological polar surface area (TPSA) is 88.8 Å². The Morgan fingerprint density at radius 1 is 1.36 bits per heavy atom. The highest BCUT2D eigenvalue weighted by Gasteiger charge is 2.35. The van der Waals surface area contributed by atoms with Gasteiger partial charge < -0.3 is 29.1 Å². The van der Waals surface area contributed by atoms with Crippen molar-refractivity contribution in [2.75, 3.05) is 51.6 Å². The first kappa shape index (κ1) is 17.4. The van der Waals surface area contributed by atoms with Crippen molar-refractivity contribution in [1.29, 1.82) is 0 Å². The molecule has 0 bridgehead atoms. The van der Waals surface area contributed by atoms with Gasteiger partial charge in [-0.1, -0.05) is 0 Å². The maximum Gasteiger partial charge on any atom is 0.254 e. The van der Waals surface area contributed by atoms with Crippen molar-refractivity contribution in [3.05, 3.63) is 24.1 Å². The van der Waals surface area contributed by atoms with Gasteiger partial charge in [0, 0.05) is 32.5 Å². The average molecular weight is 348 g/mol. The first-order valence-corrected chi connectivity index (χ1v) is 8.11. The number of nitrogens with zero attached hydrogens (tertiary/aromatic N) is 5. The van der Waals surface area contributed by atoms with Gasteiger partial charge in [0.25, 0.3) is 5.88 Å². The number of anilines is 2. The number of hydrogen-bond acceptors (Lipinski definition) is 9. The number of nitrogens with one attached hydrogen (secondary N) is 1. The summed E-state index contributed by atoms with van der Waals surface area (Å²) in [6.45, 7) is 2.09. The van der Waals surface area contributed by atoms with Gasteiger partial charge in [-0.15, -0.1) is 0 Å². The number of likely N-dealkylation sites (N-methyl/N-ethyl adjacent to an activating group) is 1. The summed E-state index contributed by atoms with van der Waals surface area (Å²) in [5, 5.41) is 6.91. The largest absolute Gasteiger partial charge is 0.479 e. The Balaban J connectivity index is 1.65. The zero-order chi connectivity index (χ0) is 17.8. The van der Waals surface area contributed by atoms with Gasteiger partial charge in [-0.2, -0.15) is 4.98 Å². The highest BCUT2D eigenvalue weighted by atomic mass is 16.5. The molecule has 2 atom stereocenters. The molecule has 136 valence electrons. The summed E-state index contributed by atoms with van der Waals surface area (Å²) in [7, 11) is 7.44. The van der Waals surface area contributed by atoms with Crippen LogP contribution in [0.5, 0.6) is 5.88 Å². The van der Waals surface area contributed by atoms with Gasteiger partial charge >= 0.3 is 0 Å². The lowest BCUT2D eigenvalue weighted by atomic mass is 10.2. The Morgan fingerprint density at radius 3 is 2.84 bits per heavy atom. The minimum atomic E-state index is 0.156. The minimum absolute atomic E-state index is 0.156. The van der Waals surface area contributed by atoms with E-state index in [4.69, 9.17) is 14.0 Å². The van der Waals surface area contributed by atoms with E-state index in [1.807, 2.05) is 6.07 Å². The summed E-state index contributed by atoms with van der Waals surface area (Å²) in [5.41, 5.74) is 0. The van der Waals surface area contributed by atoms with Crippen LogP contribution >= 0.6 is 0 Å². The standard InChI is InChI=1S/C16H24N6O3/c1-21(2)12-9-22(10-13(12)23-3)14-5-6-17-16(19-14)18-8-11-7-15(24-4)20-25-11/h5-7,12-13H,8-10H2,1-4H3,(H,17,18,19)/t12-,13+/m0/s1. The lowest BCUT2D eigenvalue weighted by molar-refractivity contribution is 0.0639. The molecule has 0 unspecified atom stereocenters. The van der Waals surface area contributed by atoms with Crippen LogP contribution < -0.4 is 15.0 Å². The SMILES string of the molecule is COc1cc(CNc2nccc(N3C[C@@H](OC)[C@@H](N(C)C)C3)n2)on1. The summed E-state index contributed by atoms with van der Waals surface area (Å²) in [4.78, 5) is 13.3. The Labute approximate surface area is 146 Å². The van der Waals surface area contributed by atoms with Gasteiger partial charge in [0.15, 0.2) is 5.76 Å². The van der Waals surface area contributed by atoms with Gasteiger partial charge in [0.2, 0.25) is 5.95 Å². The second-order valence-electron chi connectivity index (χ2n) is 6.14. The van der Waals surface area contributed by atoms with Crippen LogP contribution in [-0.4, -0.2) is 73.6 Å². The summed E-state index contributed by atoms with van der Waals surface area (Å²) in [6, 6.07) is 3.97. The van der Waals surface area contributed by atoms with E-state index < -0.39 is 0 Å². The van der Waals surface area contributed by atoms with E-state index in [9.17, 15) is 0 Å². The lowest BCUT2D eigenvalue weighted by Gasteiger charge is -2.23. The van der Waals surface area contributed by atoms with E-state index in [1.54, 1.807) is 26.5 Å². The molecule has 0 radical (unpaired) electrons. The predicted molar refractivity (Wildman–Crippen MR) is 92.9 cm³/mol. The highest BCUT2D eigenvalue weighted by Crippen LogP contribution is 2.23. The maximum atomic E-state index is 5.61. The monoisotopic (exact) mass is 348 g/mol. The fraction of sp³-hybridized carbons (Fsp3) is 0.562. The molecular weight excluding hydrogens is 324 g/mol. The zero-order valence-corrected chi connectivity index (χ0v) is 15.0. The van der Waals surface area contributed by atoms with Crippen molar-refractivity contribution in [3.63, 3.8) is 0 Å². The third-order valence-electron chi connectivity index (χ3n) is 4.34. The Bertz CT molecular complexity index is 692. The molecule has 0 saturated carbocycles. The van der Waals surface area contributed by atoms with E-state index >= 15 is 0 Å². The van der Waals surface area contributed by atoms with Crippen LogP contribution in [0.4, 0.5) is 11.8 Å². The smallest absolute Gasteiger partial charge is 0.254 e. The molecule has 25 heavy (non-hydrogen) atoms. The summed E-state index contributed by atoms with van der Waals surface area (Å²) in [6.07, 6.45) is 1.90. The molecule has 1 fully saturated rings. The van der Waals surface area contributed by atoms with Crippen molar-refractivity contribution >= 4 is 11.8 Å². The van der Waals surface area contributed by atoms with Crippen LogP contribution in [-0.2, 0) is 11.3 Å². The van der Waals surface area contributed by atoms with Crippen molar-refractivity contribution in [2.24, 2.45) is 0 Å². The Morgan fingerprint density at radius 2 is 2.20 bits per heavy atom. The van der Waals surface area contributed by atoms with Crippen LogP contribution in [0, 0.1) is 0 Å². The van der Waals surface area contributed by atoms with Crippen molar-refractivity contribution in [2.45, 2.75) is 18.7 Å². The molecule has 1 aliphatic rings. The van der Waals surface area contributed by atoms with Crippen LogP contribution in [0.2, 0.25) is 0 Å². The summed E-state index contributed by atoms with van der Waals surface area (Å²) < 4.78 is 15.8. The number of aromatic nitrogens is 3. The Kier molecular flexibility index (Phi) is 5.34. The molecule has 1 aliphatic heterocycles. The molecule has 1 N–H and O–H groups in total. The van der Waals surface area contributed by atoms with E-state index in [0.717, 1.165) is 18.9 Å². The lowest BCUT2D eigenvalue weighted by Crippen LogP contribution is -2.39. The molecule has 3 rings (SSSR count). The Hall–Kier alpha value is -2.39. The molecular formula is C16H24N6O3. The van der Waals surface area contributed by atoms with Gasteiger partial charge in [-0.05, 0) is 25.3 Å². The fourth-order valence-corrected chi connectivity index (χ4v) is 2.92. The van der Waals surface area contributed by atoms with E-state index in [1.165, 1.54) is 0 Å². The second-order valence-corrected chi connectivity index (χ2v) is 6.14. The van der Waals surface area contributed by atoms with Gasteiger partial charge in [-0.3, -0.25) is 0 Å². The number of hydrogen-bond donors (Lipinski definition) is 1. The van der Waals surface area contributed by atoms with Gasteiger partial charge in [-0.25, -0.2) is 4.98 Å². The predicted octanol–water partition coefficient (Wildman–Crippen LogP) is 0.850. The van der Waals surface area contributed by atoms with E-state index in [-0.39, 0.29) is 6.10 Å². The minimum Gasteiger partial charge on any atom is -0.479 e. The number of methoxy groups -OCH3 is 2. The molecule has 2 aromatic heterocycles. The third-order valence-corrected chi connectivity index (χ3v) is 4.34. The van der Waals surface area contributed by atoms with E-state index in [0.29, 0.717) is 30.2 Å². The highest BCUT2D eigenvalue weighted by molar-refractivity contribution is 5.44. The van der Waals surface area contributed by atoms with Crippen molar-refractivity contribution < 1.29 is 14.0 Å². The van der Waals surface area contributed by atoms with E-state index in [2.05, 4.69) is 44.3 Å². The molecule has 9 nitrogen and oxygen atoms in total. The molecule has 0 aromatic carbocycles. The molecule has 1 saturated heterocycles. The normalized spacial score (nSPS) is 20.3. The first-order valence-electron chi connectivity index (χ1n) is 8.11. The molecule has 2 aromatic rings. The van der Waals surface area contributed by atoms with Crippen LogP contribution in [0.15, 0.2) is 22.9 Å². The van der Waals surface area contributed by atoms with Crippen LogP contribution in [0.1, 0.15) is 5.76 Å². The van der Waals surface area contributed by atoms with Gasteiger partial charge in [0.05, 0.1) is 25.8 Å². The van der Waals surface area contributed by atoms with Crippen LogP contribution in [0.25, 0.3) is 0 Å². The van der Waals surface area contributed by atoms with Crippen molar-refractivity contribution in [1.82, 2.24) is 20.0 Å². The average Bonchev–Trinajstić information content (AvgIpc) is 3.27. The quantitative estimate of drug-likeness (QED) is 0.782. The number of ether oxygens (including phenoxy) is 2. The zero-order valence-electron chi connectivity index (χ0n) is 15.0. The van der Waals surface area contributed by atoms with Crippen LogP contribution in [0.3, 0.4) is 0 Å². The number of rotatable bonds is 7. The third kappa shape index (κ3) is 3.99. The second kappa shape index (κ2) is 7.66. The fourth-order valence-electron chi connectivity index (χ4n) is 2.92. The van der Waals surface area contributed by atoms with Crippen molar-refractivity contribution in [3.8, 4) is 5.88 Å². The molecule has 0 aliphatic carbocycles. The maximum absolute atomic E-state index is 5.61. The molecule has 0 amide bonds. The first-order chi connectivity index (χ1) is 12.1. The molecule has 3 heterocycles. The molecule has 9 heteroatoms. The molecule has 0 spiro atoms. The van der Waals surface area contributed by atoms with Gasteiger partial charge in [0.1, 0.15) is 5.82 Å². The summed E-state index contributed by atoms with van der Waals surface area (Å²) >= 11 is 0. The summed E-state index contributed by atoms with van der Waals surface area (Å²) in [5.74, 6) is 2.51.